The van der Waals surface area contributed by atoms with Gasteiger partial charge in [-0.25, -0.2) is 4.98 Å². The van der Waals surface area contributed by atoms with E-state index in [0.717, 1.165) is 5.65 Å². The van der Waals surface area contributed by atoms with Crippen LogP contribution in [0.4, 0.5) is 0 Å². The van der Waals surface area contributed by atoms with Crippen LogP contribution in [0.25, 0.3) is 5.65 Å². The number of rotatable bonds is 0. The Labute approximate surface area is 104 Å². The van der Waals surface area contributed by atoms with Gasteiger partial charge in [0.2, 0.25) is 0 Å². The molecule has 0 atom stereocenters. The highest BCUT2D eigenvalue weighted by Gasteiger charge is 2.18. The molecule has 2 aromatic rings. The maximum absolute atomic E-state index is 4.54. The van der Waals surface area contributed by atoms with E-state index in [-0.39, 0.29) is 10.8 Å². The van der Waals surface area contributed by atoms with Gasteiger partial charge in [0.15, 0.2) is 0 Å². The van der Waals surface area contributed by atoms with E-state index in [1.165, 1.54) is 11.1 Å². The minimum atomic E-state index is 0.146. The van der Waals surface area contributed by atoms with Crippen molar-refractivity contribution in [2.45, 2.75) is 52.4 Å². The monoisotopic (exact) mass is 230 g/mol. The summed E-state index contributed by atoms with van der Waals surface area (Å²) in [5.74, 6) is 0. The molecule has 2 heteroatoms. The van der Waals surface area contributed by atoms with Crippen LogP contribution in [0.3, 0.4) is 0 Å². The molecule has 17 heavy (non-hydrogen) atoms. The zero-order valence-electron chi connectivity index (χ0n) is 11.7. The molecule has 0 amide bonds. The highest BCUT2D eigenvalue weighted by atomic mass is 15.0. The number of hydrogen-bond acceptors (Lipinski definition) is 1. The molecule has 0 bridgehead atoms. The molecular weight excluding hydrogens is 208 g/mol. The Balaban J connectivity index is 2.56. The van der Waals surface area contributed by atoms with Crippen molar-refractivity contribution in [1.82, 2.24) is 9.38 Å². The number of fused-ring (bicyclic) bond motifs is 1. The predicted octanol–water partition coefficient (Wildman–Crippen LogP) is 3.93. The maximum atomic E-state index is 4.54. The molecule has 0 N–H and O–H groups in total. The third-order valence-electron chi connectivity index (χ3n) is 3.17. The second kappa shape index (κ2) is 3.59. The predicted molar refractivity (Wildman–Crippen MR) is 72.6 cm³/mol. The summed E-state index contributed by atoms with van der Waals surface area (Å²) >= 11 is 0. The van der Waals surface area contributed by atoms with Crippen molar-refractivity contribution in [3.05, 3.63) is 35.8 Å². The van der Waals surface area contributed by atoms with Crippen LogP contribution in [-0.2, 0) is 10.8 Å². The maximum Gasteiger partial charge on any atom is 0.136 e. The average Bonchev–Trinajstić information content (AvgIpc) is 2.57. The Kier molecular flexibility index (Phi) is 2.57. The van der Waals surface area contributed by atoms with Gasteiger partial charge in [0.05, 0.1) is 0 Å². The highest BCUT2D eigenvalue weighted by molar-refractivity contribution is 5.46. The molecular formula is C15H22N2. The molecule has 0 aliphatic rings. The topological polar surface area (TPSA) is 17.3 Å². The van der Waals surface area contributed by atoms with Crippen molar-refractivity contribution in [3.63, 3.8) is 0 Å². The van der Waals surface area contributed by atoms with E-state index in [9.17, 15) is 0 Å². The molecule has 0 aliphatic heterocycles. The molecule has 2 nitrogen and oxygen atoms in total. The smallest absolute Gasteiger partial charge is 0.136 e. The Bertz CT molecular complexity index is 524. The lowest BCUT2D eigenvalue weighted by Gasteiger charge is -2.18. The first-order valence-electron chi connectivity index (χ1n) is 6.17. The van der Waals surface area contributed by atoms with E-state index >= 15 is 0 Å². The molecule has 2 heterocycles. The van der Waals surface area contributed by atoms with E-state index in [2.05, 4.69) is 69.4 Å². The molecule has 0 unspecified atom stereocenters. The molecule has 2 rings (SSSR count). The standard InChI is InChI=1S/C15H22N2/c1-14(2,3)11-7-13-16-8-12(15(4,5)6)10-17(13)9-11/h7-10H,1-6H3. The molecule has 0 fully saturated rings. The molecule has 0 aliphatic carbocycles. The molecule has 0 saturated carbocycles. The largest absolute Gasteiger partial charge is 0.308 e. The number of nitrogens with zero attached hydrogens (tertiary/aromatic N) is 2. The summed E-state index contributed by atoms with van der Waals surface area (Å²) in [5, 5.41) is 0. The van der Waals surface area contributed by atoms with Gasteiger partial charge in [-0.2, -0.15) is 0 Å². The summed E-state index contributed by atoms with van der Waals surface area (Å²) < 4.78 is 2.14. The minimum Gasteiger partial charge on any atom is -0.308 e. The van der Waals surface area contributed by atoms with Crippen molar-refractivity contribution in [2.24, 2.45) is 0 Å². The Morgan fingerprint density at radius 2 is 1.41 bits per heavy atom. The molecule has 0 spiro atoms. The van der Waals surface area contributed by atoms with Crippen molar-refractivity contribution in [1.29, 1.82) is 0 Å². The SMILES string of the molecule is CC(C)(C)c1cnc2cc(C(C)(C)C)cn2c1. The fourth-order valence-electron chi connectivity index (χ4n) is 1.79. The summed E-state index contributed by atoms with van der Waals surface area (Å²) in [6.07, 6.45) is 6.37. The van der Waals surface area contributed by atoms with E-state index in [1.807, 2.05) is 6.20 Å². The minimum absolute atomic E-state index is 0.146. The second-order valence-electron chi connectivity index (χ2n) is 6.84. The van der Waals surface area contributed by atoms with Gasteiger partial charge in [-0.3, -0.25) is 0 Å². The second-order valence-corrected chi connectivity index (χ2v) is 6.84. The lowest BCUT2D eigenvalue weighted by atomic mass is 9.89. The number of hydrogen-bond donors (Lipinski definition) is 0. The van der Waals surface area contributed by atoms with Gasteiger partial charge in [0, 0.05) is 18.6 Å². The van der Waals surface area contributed by atoms with Gasteiger partial charge in [0.1, 0.15) is 5.65 Å². The Morgan fingerprint density at radius 1 is 0.882 bits per heavy atom. The van der Waals surface area contributed by atoms with Gasteiger partial charge >= 0.3 is 0 Å². The quantitative estimate of drug-likeness (QED) is 0.670. The first-order chi connectivity index (χ1) is 7.68. The first-order valence-corrected chi connectivity index (χ1v) is 6.17. The molecule has 0 saturated heterocycles. The van der Waals surface area contributed by atoms with Crippen LogP contribution in [0.1, 0.15) is 52.7 Å². The van der Waals surface area contributed by atoms with Crippen LogP contribution < -0.4 is 0 Å². The number of aromatic nitrogens is 2. The fourth-order valence-corrected chi connectivity index (χ4v) is 1.79. The van der Waals surface area contributed by atoms with Crippen molar-refractivity contribution in [2.75, 3.05) is 0 Å². The van der Waals surface area contributed by atoms with E-state index < -0.39 is 0 Å². The summed E-state index contributed by atoms with van der Waals surface area (Å²) in [7, 11) is 0. The third-order valence-corrected chi connectivity index (χ3v) is 3.17. The highest BCUT2D eigenvalue weighted by Crippen LogP contribution is 2.26. The zero-order valence-corrected chi connectivity index (χ0v) is 11.7. The van der Waals surface area contributed by atoms with Crippen molar-refractivity contribution in [3.8, 4) is 0 Å². The van der Waals surface area contributed by atoms with E-state index in [0.29, 0.717) is 0 Å². The van der Waals surface area contributed by atoms with Gasteiger partial charge in [0.25, 0.3) is 0 Å². The molecule has 2 aromatic heterocycles. The van der Waals surface area contributed by atoms with Gasteiger partial charge in [-0.1, -0.05) is 41.5 Å². The lowest BCUT2D eigenvalue weighted by molar-refractivity contribution is 0.582. The lowest BCUT2D eigenvalue weighted by Crippen LogP contribution is -2.12. The van der Waals surface area contributed by atoms with Crippen LogP contribution in [0, 0.1) is 0 Å². The van der Waals surface area contributed by atoms with Gasteiger partial charge in [-0.15, -0.1) is 0 Å². The summed E-state index contributed by atoms with van der Waals surface area (Å²) in [6, 6.07) is 2.17. The molecule has 0 aromatic carbocycles. The zero-order chi connectivity index (χ0) is 12.8. The molecule has 0 radical (unpaired) electrons. The van der Waals surface area contributed by atoms with Crippen LogP contribution in [0.5, 0.6) is 0 Å². The summed E-state index contributed by atoms with van der Waals surface area (Å²) in [6.45, 7) is 13.3. The van der Waals surface area contributed by atoms with Crippen LogP contribution in [0.15, 0.2) is 24.7 Å². The summed E-state index contributed by atoms with van der Waals surface area (Å²) in [4.78, 5) is 4.54. The van der Waals surface area contributed by atoms with Crippen molar-refractivity contribution >= 4 is 5.65 Å². The van der Waals surface area contributed by atoms with E-state index in [1.54, 1.807) is 0 Å². The molecule has 92 valence electrons. The van der Waals surface area contributed by atoms with Crippen LogP contribution in [-0.4, -0.2) is 9.38 Å². The van der Waals surface area contributed by atoms with Gasteiger partial charge in [-0.05, 0) is 28.0 Å². The van der Waals surface area contributed by atoms with Crippen LogP contribution in [0.2, 0.25) is 0 Å². The van der Waals surface area contributed by atoms with Crippen LogP contribution >= 0.6 is 0 Å². The Morgan fingerprint density at radius 3 is 1.94 bits per heavy atom. The average molecular weight is 230 g/mol. The third kappa shape index (κ3) is 2.36. The van der Waals surface area contributed by atoms with Crippen molar-refractivity contribution < 1.29 is 0 Å². The fraction of sp³-hybridized carbons (Fsp3) is 0.533. The summed E-state index contributed by atoms with van der Waals surface area (Å²) in [5.41, 5.74) is 3.95. The first kappa shape index (κ1) is 12.2. The van der Waals surface area contributed by atoms with E-state index in [4.69, 9.17) is 0 Å². The normalized spacial score (nSPS) is 13.3. The Hall–Kier alpha value is -1.31. The van der Waals surface area contributed by atoms with Gasteiger partial charge < -0.3 is 4.40 Å².